The van der Waals surface area contributed by atoms with Crippen molar-refractivity contribution < 1.29 is 9.84 Å². The molecule has 0 amide bonds. The molecule has 5 rings (SSSR count). The summed E-state index contributed by atoms with van der Waals surface area (Å²) >= 11 is 0. The Bertz CT molecular complexity index is 1040. The lowest BCUT2D eigenvalue weighted by atomic mass is 9.74. The van der Waals surface area contributed by atoms with Crippen molar-refractivity contribution in [3.05, 3.63) is 84.2 Å². The zero-order valence-corrected chi connectivity index (χ0v) is 19.3. The van der Waals surface area contributed by atoms with Crippen molar-refractivity contribution in [1.82, 2.24) is 14.8 Å². The number of hydrogen-bond donors (Lipinski definition) is 1. The second kappa shape index (κ2) is 10.0. The first-order valence-corrected chi connectivity index (χ1v) is 12.0. The zero-order chi connectivity index (χ0) is 22.6. The average molecular weight is 444 g/mol. The number of fused-ring (bicyclic) bond motifs is 1. The van der Waals surface area contributed by atoms with E-state index in [0.29, 0.717) is 12.0 Å². The van der Waals surface area contributed by atoms with Gasteiger partial charge in [0.15, 0.2) is 0 Å². The summed E-state index contributed by atoms with van der Waals surface area (Å²) in [6, 6.07) is 21.9. The fraction of sp³-hybridized carbons (Fsp3) is 0.393. The Balaban J connectivity index is 1.37. The molecule has 3 heterocycles. The number of aliphatic hydroxyl groups is 1. The lowest BCUT2D eigenvalue weighted by Crippen LogP contribution is -2.67. The van der Waals surface area contributed by atoms with E-state index in [4.69, 9.17) is 4.74 Å². The molecule has 0 radical (unpaired) electrons. The van der Waals surface area contributed by atoms with Crippen LogP contribution < -0.4 is 4.74 Å². The van der Waals surface area contributed by atoms with E-state index in [9.17, 15) is 5.11 Å². The van der Waals surface area contributed by atoms with E-state index < -0.39 is 0 Å². The molecule has 33 heavy (non-hydrogen) atoms. The molecule has 3 aromatic rings. The van der Waals surface area contributed by atoms with Crippen LogP contribution in [0.3, 0.4) is 0 Å². The molecule has 0 spiro atoms. The van der Waals surface area contributed by atoms with Crippen molar-refractivity contribution in [2.75, 3.05) is 33.4 Å². The van der Waals surface area contributed by atoms with Gasteiger partial charge in [0.2, 0.25) is 0 Å². The summed E-state index contributed by atoms with van der Waals surface area (Å²) in [7, 11) is 1.72. The lowest BCUT2D eigenvalue weighted by Gasteiger charge is -2.57. The summed E-state index contributed by atoms with van der Waals surface area (Å²) in [6.07, 6.45) is 6.13. The fourth-order valence-electron chi connectivity index (χ4n) is 5.67. The van der Waals surface area contributed by atoms with Gasteiger partial charge in [-0.2, -0.15) is 0 Å². The summed E-state index contributed by atoms with van der Waals surface area (Å²) in [5.41, 5.74) is 4.89. The van der Waals surface area contributed by atoms with E-state index in [1.54, 1.807) is 7.11 Å². The molecular formula is C28H33N3O2. The normalized spacial score (nSPS) is 23.8. The molecular weight excluding hydrogens is 410 g/mol. The minimum Gasteiger partial charge on any atom is -0.496 e. The second-order valence-electron chi connectivity index (χ2n) is 9.20. The van der Waals surface area contributed by atoms with Gasteiger partial charge >= 0.3 is 0 Å². The van der Waals surface area contributed by atoms with Crippen LogP contribution in [-0.2, 0) is 6.54 Å². The Hall–Kier alpha value is -2.73. The van der Waals surface area contributed by atoms with E-state index in [-0.39, 0.29) is 12.6 Å². The lowest BCUT2D eigenvalue weighted by molar-refractivity contribution is -0.0655. The van der Waals surface area contributed by atoms with E-state index in [2.05, 4.69) is 57.2 Å². The molecule has 2 aliphatic heterocycles. The number of nitrogens with zero attached hydrogens (tertiary/aromatic N) is 3. The van der Waals surface area contributed by atoms with Crippen LogP contribution in [0.15, 0.2) is 73.1 Å². The second-order valence-corrected chi connectivity index (χ2v) is 9.20. The van der Waals surface area contributed by atoms with Gasteiger partial charge in [0.25, 0.3) is 0 Å². The van der Waals surface area contributed by atoms with Crippen molar-refractivity contribution in [3.63, 3.8) is 0 Å². The Kier molecular flexibility index (Phi) is 6.72. The van der Waals surface area contributed by atoms with Gasteiger partial charge in [0.1, 0.15) is 5.75 Å². The first kappa shape index (κ1) is 22.1. The van der Waals surface area contributed by atoms with Crippen molar-refractivity contribution in [2.24, 2.45) is 0 Å². The van der Waals surface area contributed by atoms with Crippen molar-refractivity contribution >= 4 is 0 Å². The largest absolute Gasteiger partial charge is 0.496 e. The number of ether oxygens (including phenoxy) is 1. The van der Waals surface area contributed by atoms with Gasteiger partial charge < -0.3 is 9.84 Å². The highest BCUT2D eigenvalue weighted by Gasteiger charge is 2.49. The highest BCUT2D eigenvalue weighted by atomic mass is 16.5. The highest BCUT2D eigenvalue weighted by Crippen LogP contribution is 2.42. The number of pyridine rings is 1. The Labute approximate surface area is 196 Å². The third kappa shape index (κ3) is 4.54. The molecule has 0 unspecified atom stereocenters. The van der Waals surface area contributed by atoms with Crippen molar-refractivity contribution in [3.8, 4) is 16.9 Å². The molecule has 3 atom stereocenters. The van der Waals surface area contributed by atoms with Crippen LogP contribution in [0.1, 0.15) is 29.9 Å². The van der Waals surface area contributed by atoms with Gasteiger partial charge in [0, 0.05) is 49.0 Å². The molecule has 1 aromatic heterocycles. The molecule has 5 heteroatoms. The van der Waals surface area contributed by atoms with Crippen LogP contribution in [0.5, 0.6) is 5.75 Å². The smallest absolute Gasteiger partial charge is 0.126 e. The number of para-hydroxylation sites is 1. The zero-order valence-electron chi connectivity index (χ0n) is 19.3. The predicted octanol–water partition coefficient (Wildman–Crippen LogP) is 4.18. The maximum absolute atomic E-state index is 10.2. The third-order valence-corrected chi connectivity index (χ3v) is 7.32. The molecule has 0 bridgehead atoms. The molecule has 2 saturated heterocycles. The summed E-state index contributed by atoms with van der Waals surface area (Å²) in [5.74, 6) is 1.24. The first-order chi connectivity index (χ1) is 16.3. The molecule has 2 aliphatic rings. The Morgan fingerprint density at radius 1 is 0.970 bits per heavy atom. The van der Waals surface area contributed by atoms with Crippen LogP contribution in [0, 0.1) is 0 Å². The van der Waals surface area contributed by atoms with E-state index >= 15 is 0 Å². The summed E-state index contributed by atoms with van der Waals surface area (Å²) in [6.45, 7) is 4.39. The molecule has 0 saturated carbocycles. The van der Waals surface area contributed by atoms with Crippen LogP contribution >= 0.6 is 0 Å². The van der Waals surface area contributed by atoms with Crippen molar-refractivity contribution in [2.45, 2.75) is 37.4 Å². The first-order valence-electron chi connectivity index (χ1n) is 12.0. The Morgan fingerprint density at radius 3 is 2.48 bits per heavy atom. The molecule has 1 N–H and O–H groups in total. The van der Waals surface area contributed by atoms with Gasteiger partial charge in [-0.15, -0.1) is 0 Å². The molecule has 5 nitrogen and oxygen atoms in total. The van der Waals surface area contributed by atoms with Gasteiger partial charge in [-0.1, -0.05) is 42.5 Å². The number of benzene rings is 2. The summed E-state index contributed by atoms with van der Waals surface area (Å²) in [5, 5.41) is 10.2. The van der Waals surface area contributed by atoms with Gasteiger partial charge in [0.05, 0.1) is 13.7 Å². The van der Waals surface area contributed by atoms with Crippen LogP contribution in [0.25, 0.3) is 11.1 Å². The van der Waals surface area contributed by atoms with Crippen molar-refractivity contribution in [1.29, 1.82) is 0 Å². The van der Waals surface area contributed by atoms with E-state index in [0.717, 1.165) is 43.1 Å². The monoisotopic (exact) mass is 443 g/mol. The summed E-state index contributed by atoms with van der Waals surface area (Å²) < 4.78 is 5.55. The SMILES string of the molecule is COc1ccccc1-c1ccc([C@H]2[C@@H](CO)N3CCCCN(Cc4ccncc4)C[C@@H]23)cc1. The average Bonchev–Trinajstić information content (AvgIpc) is 2.85. The molecule has 2 fully saturated rings. The van der Waals surface area contributed by atoms with E-state index in [1.807, 2.05) is 30.6 Å². The van der Waals surface area contributed by atoms with Gasteiger partial charge in [-0.3, -0.25) is 14.8 Å². The molecule has 2 aromatic carbocycles. The summed E-state index contributed by atoms with van der Waals surface area (Å²) in [4.78, 5) is 9.28. The number of hydrogen-bond acceptors (Lipinski definition) is 5. The van der Waals surface area contributed by atoms with Crippen LogP contribution in [0.2, 0.25) is 0 Å². The quantitative estimate of drug-likeness (QED) is 0.619. The maximum Gasteiger partial charge on any atom is 0.126 e. The molecule has 172 valence electrons. The standard InChI is InChI=1S/C28H33N3O2/c1-33-27-7-3-2-6-24(27)22-8-10-23(11-9-22)28-25-19-30(18-21-12-14-29-15-13-21)16-4-5-17-31(25)26(28)20-32/h2-3,6-15,25-26,28,32H,4-5,16-20H2,1H3/t25-,26+,28+/m0/s1. The third-order valence-electron chi connectivity index (χ3n) is 7.32. The van der Waals surface area contributed by atoms with Gasteiger partial charge in [-0.25, -0.2) is 0 Å². The maximum atomic E-state index is 10.2. The van der Waals surface area contributed by atoms with Crippen LogP contribution in [-0.4, -0.2) is 65.3 Å². The number of methoxy groups -OCH3 is 1. The number of aromatic nitrogens is 1. The molecule has 0 aliphatic carbocycles. The van der Waals surface area contributed by atoms with Gasteiger partial charge in [-0.05, 0) is 60.8 Å². The number of rotatable bonds is 6. The van der Waals surface area contributed by atoms with E-state index in [1.165, 1.54) is 24.0 Å². The predicted molar refractivity (Wildman–Crippen MR) is 131 cm³/mol. The topological polar surface area (TPSA) is 48.8 Å². The van der Waals surface area contributed by atoms with Crippen LogP contribution in [0.4, 0.5) is 0 Å². The Morgan fingerprint density at radius 2 is 1.73 bits per heavy atom. The minimum atomic E-state index is 0.202. The minimum absolute atomic E-state index is 0.202. The number of aliphatic hydroxyl groups excluding tert-OH is 1. The highest BCUT2D eigenvalue weighted by molar-refractivity contribution is 5.70. The fourth-order valence-corrected chi connectivity index (χ4v) is 5.67.